The van der Waals surface area contributed by atoms with Crippen LogP contribution in [0.4, 0.5) is 0 Å². The lowest BCUT2D eigenvalue weighted by atomic mass is 10.2. The molecule has 0 aliphatic heterocycles. The molecule has 0 aromatic heterocycles. The summed E-state index contributed by atoms with van der Waals surface area (Å²) in [5.41, 5.74) is 2.60. The Labute approximate surface area is 78.0 Å². The fourth-order valence-electron chi connectivity index (χ4n) is 1.01. The summed E-state index contributed by atoms with van der Waals surface area (Å²) in [5, 5.41) is 0. The summed E-state index contributed by atoms with van der Waals surface area (Å²) in [6.45, 7) is 6.14. The van der Waals surface area contributed by atoms with Gasteiger partial charge in [-0.25, -0.2) is 4.40 Å². The normalized spacial score (nSPS) is 10.9. The molecule has 12 heavy (non-hydrogen) atoms. The lowest BCUT2D eigenvalue weighted by Crippen LogP contribution is -1.79. The van der Waals surface area contributed by atoms with Crippen molar-refractivity contribution in [3.8, 4) is 0 Å². The third kappa shape index (κ3) is 2.38. The Balaban J connectivity index is 2.86. The van der Waals surface area contributed by atoms with Gasteiger partial charge in [-0.3, -0.25) is 0 Å². The van der Waals surface area contributed by atoms with E-state index >= 15 is 0 Å². The number of rotatable bonds is 2. The smallest absolute Gasteiger partial charge is 0.0334 e. The average Bonchev–Trinajstić information content (AvgIpc) is 2.03. The second-order valence-corrected chi connectivity index (χ2v) is 3.56. The maximum absolute atomic E-state index is 4.12. The van der Waals surface area contributed by atoms with Gasteiger partial charge in [0.15, 0.2) is 0 Å². The molecule has 0 bridgehead atoms. The van der Waals surface area contributed by atoms with E-state index in [9.17, 15) is 0 Å². The van der Waals surface area contributed by atoms with Crippen LogP contribution in [0.3, 0.4) is 0 Å². The molecule has 0 N–H and O–H groups in total. The van der Waals surface area contributed by atoms with Crippen LogP contribution in [0.5, 0.6) is 0 Å². The summed E-state index contributed by atoms with van der Waals surface area (Å²) in [4.78, 5) is 1.23. The highest BCUT2D eigenvalue weighted by Gasteiger charge is 1.96. The second kappa shape index (κ2) is 4.31. The van der Waals surface area contributed by atoms with Crippen LogP contribution in [0.2, 0.25) is 0 Å². The third-order valence-corrected chi connectivity index (χ3v) is 2.56. The van der Waals surface area contributed by atoms with E-state index < -0.39 is 0 Å². The second-order valence-electron chi connectivity index (χ2n) is 2.72. The van der Waals surface area contributed by atoms with Gasteiger partial charge in [-0.15, -0.1) is 0 Å². The van der Waals surface area contributed by atoms with E-state index in [4.69, 9.17) is 0 Å². The Morgan fingerprint density at radius 1 is 1.33 bits per heavy atom. The van der Waals surface area contributed by atoms with E-state index in [1.807, 2.05) is 13.1 Å². The molecule has 0 fully saturated rings. The maximum Gasteiger partial charge on any atom is 0.0334 e. The topological polar surface area (TPSA) is 12.4 Å². The molecule has 0 heterocycles. The van der Waals surface area contributed by atoms with Gasteiger partial charge in [0.05, 0.1) is 0 Å². The minimum Gasteiger partial charge on any atom is -0.224 e. The van der Waals surface area contributed by atoms with E-state index in [-0.39, 0.29) is 0 Å². The monoisotopic (exact) mass is 179 g/mol. The van der Waals surface area contributed by atoms with Gasteiger partial charge in [-0.2, -0.15) is 0 Å². The van der Waals surface area contributed by atoms with E-state index in [0.717, 1.165) is 0 Å². The van der Waals surface area contributed by atoms with Gasteiger partial charge in [0, 0.05) is 23.1 Å². The lowest BCUT2D eigenvalue weighted by molar-refractivity contribution is 1.26. The quantitative estimate of drug-likeness (QED) is 0.500. The van der Waals surface area contributed by atoms with Crippen LogP contribution >= 0.6 is 11.9 Å². The standard InChI is InChI=1S/C10H13NS/c1-4-11-12-10-6-5-8(2)7-9(10)3/h4-7H,1-3H3. The minimum absolute atomic E-state index is 1.23. The zero-order valence-corrected chi connectivity index (χ0v) is 8.48. The molecule has 0 aliphatic carbocycles. The summed E-state index contributed by atoms with van der Waals surface area (Å²) in [5.74, 6) is 0. The van der Waals surface area contributed by atoms with Crippen molar-refractivity contribution in [3.63, 3.8) is 0 Å². The van der Waals surface area contributed by atoms with Crippen LogP contribution < -0.4 is 0 Å². The molecule has 1 aromatic rings. The molecule has 0 unspecified atom stereocenters. The Morgan fingerprint density at radius 2 is 2.08 bits per heavy atom. The Bertz CT molecular complexity index is 292. The van der Waals surface area contributed by atoms with Crippen LogP contribution in [0, 0.1) is 13.8 Å². The van der Waals surface area contributed by atoms with E-state index in [1.165, 1.54) is 28.0 Å². The fourth-order valence-corrected chi connectivity index (χ4v) is 1.56. The van der Waals surface area contributed by atoms with Crippen molar-refractivity contribution in [2.75, 3.05) is 0 Å². The van der Waals surface area contributed by atoms with Gasteiger partial charge in [-0.1, -0.05) is 17.7 Å². The predicted octanol–water partition coefficient (Wildman–Crippen LogP) is 3.40. The van der Waals surface area contributed by atoms with Crippen molar-refractivity contribution >= 4 is 18.2 Å². The van der Waals surface area contributed by atoms with Gasteiger partial charge in [-0.05, 0) is 32.4 Å². The molecule has 0 radical (unpaired) electrons. The molecular formula is C10H13NS. The highest BCUT2D eigenvalue weighted by Crippen LogP contribution is 2.23. The SMILES string of the molecule is CC=NSc1ccc(C)cc1C. The van der Waals surface area contributed by atoms with Crippen molar-refractivity contribution in [1.29, 1.82) is 0 Å². The first-order chi connectivity index (χ1) is 5.74. The number of hydrogen-bond donors (Lipinski definition) is 0. The summed E-state index contributed by atoms with van der Waals surface area (Å²) >= 11 is 1.53. The van der Waals surface area contributed by atoms with Crippen LogP contribution in [0.1, 0.15) is 18.1 Å². The third-order valence-electron chi connectivity index (χ3n) is 1.59. The Morgan fingerprint density at radius 3 is 2.67 bits per heavy atom. The highest BCUT2D eigenvalue weighted by molar-refractivity contribution is 7.98. The maximum atomic E-state index is 4.12. The molecule has 2 heteroatoms. The molecule has 0 atom stereocenters. The summed E-state index contributed by atoms with van der Waals surface area (Å²) in [6, 6.07) is 6.40. The summed E-state index contributed by atoms with van der Waals surface area (Å²) < 4.78 is 4.12. The zero-order chi connectivity index (χ0) is 8.97. The summed E-state index contributed by atoms with van der Waals surface area (Å²) in [6.07, 6.45) is 1.81. The van der Waals surface area contributed by atoms with Crippen LogP contribution in [-0.4, -0.2) is 6.21 Å². The van der Waals surface area contributed by atoms with Gasteiger partial charge < -0.3 is 0 Å². The number of aryl methyl sites for hydroxylation is 2. The lowest BCUT2D eigenvalue weighted by Gasteiger charge is -2.01. The molecule has 0 aliphatic rings. The molecule has 0 saturated carbocycles. The van der Waals surface area contributed by atoms with Crippen molar-refractivity contribution in [2.45, 2.75) is 25.7 Å². The number of nitrogens with zero attached hydrogens (tertiary/aromatic N) is 1. The van der Waals surface area contributed by atoms with Crippen molar-refractivity contribution < 1.29 is 0 Å². The highest BCUT2D eigenvalue weighted by atomic mass is 32.2. The summed E-state index contributed by atoms with van der Waals surface area (Å²) in [7, 11) is 0. The van der Waals surface area contributed by atoms with Gasteiger partial charge in [0.2, 0.25) is 0 Å². The molecule has 1 rings (SSSR count). The molecule has 1 nitrogen and oxygen atoms in total. The molecule has 0 saturated heterocycles. The number of benzene rings is 1. The van der Waals surface area contributed by atoms with E-state index in [2.05, 4.69) is 36.4 Å². The van der Waals surface area contributed by atoms with Gasteiger partial charge in [0.1, 0.15) is 0 Å². The molecule has 0 amide bonds. The van der Waals surface area contributed by atoms with Crippen molar-refractivity contribution in [2.24, 2.45) is 4.40 Å². The van der Waals surface area contributed by atoms with Crippen LogP contribution in [-0.2, 0) is 0 Å². The van der Waals surface area contributed by atoms with Crippen LogP contribution in [0.15, 0.2) is 27.5 Å². The Kier molecular flexibility index (Phi) is 3.35. The van der Waals surface area contributed by atoms with E-state index in [1.54, 1.807) is 0 Å². The zero-order valence-electron chi connectivity index (χ0n) is 7.66. The minimum atomic E-state index is 1.23. The van der Waals surface area contributed by atoms with Crippen molar-refractivity contribution in [3.05, 3.63) is 29.3 Å². The number of hydrogen-bond acceptors (Lipinski definition) is 2. The molecule has 1 aromatic carbocycles. The largest absolute Gasteiger partial charge is 0.224 e. The van der Waals surface area contributed by atoms with E-state index in [0.29, 0.717) is 0 Å². The van der Waals surface area contributed by atoms with Gasteiger partial charge in [0.25, 0.3) is 0 Å². The molecule has 64 valence electrons. The Hall–Kier alpha value is -0.760. The first-order valence-corrected chi connectivity index (χ1v) is 4.73. The van der Waals surface area contributed by atoms with Crippen molar-refractivity contribution in [1.82, 2.24) is 0 Å². The van der Waals surface area contributed by atoms with Gasteiger partial charge >= 0.3 is 0 Å². The molecule has 0 spiro atoms. The first kappa shape index (κ1) is 9.33. The predicted molar refractivity (Wildman–Crippen MR) is 55.9 cm³/mol. The average molecular weight is 179 g/mol. The molecular weight excluding hydrogens is 166 g/mol. The fraction of sp³-hybridized carbons (Fsp3) is 0.300. The first-order valence-electron chi connectivity index (χ1n) is 3.96. The van der Waals surface area contributed by atoms with Crippen LogP contribution in [0.25, 0.3) is 0 Å².